The van der Waals surface area contributed by atoms with Gasteiger partial charge in [0.1, 0.15) is 10.8 Å². The van der Waals surface area contributed by atoms with E-state index in [1.165, 1.54) is 17.4 Å². The van der Waals surface area contributed by atoms with Crippen molar-refractivity contribution < 1.29 is 9.90 Å². The Morgan fingerprint density at radius 2 is 2.22 bits per heavy atom. The quantitative estimate of drug-likeness (QED) is 0.892. The molecular formula is C13H14N2O2S. The van der Waals surface area contributed by atoms with Gasteiger partial charge in [-0.15, -0.1) is 11.3 Å². The van der Waals surface area contributed by atoms with E-state index < -0.39 is 0 Å². The summed E-state index contributed by atoms with van der Waals surface area (Å²) in [4.78, 5) is 16.1. The maximum absolute atomic E-state index is 11.9. The first kappa shape index (κ1) is 12.6. The van der Waals surface area contributed by atoms with Crippen LogP contribution < -0.4 is 5.32 Å². The summed E-state index contributed by atoms with van der Waals surface area (Å²) in [5, 5.41) is 15.0. The lowest BCUT2D eigenvalue weighted by Gasteiger charge is -2.05. The Labute approximate surface area is 109 Å². The smallest absolute Gasteiger partial charge is 0.251 e. The molecule has 4 nitrogen and oxygen atoms in total. The first-order chi connectivity index (χ1) is 8.56. The fourth-order valence-corrected chi connectivity index (χ4v) is 2.25. The van der Waals surface area contributed by atoms with Crippen LogP contribution in [0.15, 0.2) is 23.6 Å². The highest BCUT2D eigenvalue weighted by Gasteiger charge is 2.08. The Morgan fingerprint density at radius 3 is 2.83 bits per heavy atom. The molecule has 0 bridgehead atoms. The number of hydrogen-bond acceptors (Lipinski definition) is 4. The van der Waals surface area contributed by atoms with Crippen LogP contribution in [0.1, 0.15) is 26.6 Å². The summed E-state index contributed by atoms with van der Waals surface area (Å²) in [6.07, 6.45) is 0. The molecule has 0 aliphatic rings. The lowest BCUT2D eigenvalue weighted by Crippen LogP contribution is -2.22. The number of carbonyl (C=O) groups excluding carboxylic acids is 1. The number of aryl methyl sites for hydroxylation is 2. The molecule has 0 aliphatic carbocycles. The van der Waals surface area contributed by atoms with Gasteiger partial charge in [-0.25, -0.2) is 4.98 Å². The van der Waals surface area contributed by atoms with Gasteiger partial charge in [-0.05, 0) is 37.6 Å². The van der Waals surface area contributed by atoms with Gasteiger partial charge < -0.3 is 10.4 Å². The number of hydrogen-bond donors (Lipinski definition) is 2. The van der Waals surface area contributed by atoms with Gasteiger partial charge in [0.2, 0.25) is 0 Å². The van der Waals surface area contributed by atoms with Crippen LogP contribution in [0.25, 0.3) is 0 Å². The molecule has 0 atom stereocenters. The highest BCUT2D eigenvalue weighted by Crippen LogP contribution is 2.17. The number of phenolic OH excluding ortho intramolecular Hbond substituents is 1. The molecule has 0 saturated heterocycles. The van der Waals surface area contributed by atoms with Crippen molar-refractivity contribution >= 4 is 17.2 Å². The van der Waals surface area contributed by atoms with E-state index in [0.717, 1.165) is 10.7 Å². The number of benzene rings is 1. The zero-order valence-electron chi connectivity index (χ0n) is 10.2. The number of nitrogens with zero attached hydrogens (tertiary/aromatic N) is 1. The Balaban J connectivity index is 2.01. The zero-order chi connectivity index (χ0) is 13.1. The molecule has 0 fully saturated rings. The van der Waals surface area contributed by atoms with Crippen molar-refractivity contribution in [2.45, 2.75) is 20.4 Å². The predicted octanol–water partition coefficient (Wildman–Crippen LogP) is 2.40. The number of rotatable bonds is 3. The number of aromatic hydroxyl groups is 1. The van der Waals surface area contributed by atoms with Crippen molar-refractivity contribution in [3.05, 3.63) is 45.4 Å². The second-order valence-electron chi connectivity index (χ2n) is 4.07. The Hall–Kier alpha value is -1.88. The topological polar surface area (TPSA) is 62.2 Å². The SMILES string of the molecule is Cc1csc(CNC(=O)c2ccc(O)c(C)c2)n1. The second kappa shape index (κ2) is 5.18. The van der Waals surface area contributed by atoms with Crippen molar-refractivity contribution in [2.24, 2.45) is 0 Å². The number of thiazole rings is 1. The molecule has 0 aliphatic heterocycles. The van der Waals surface area contributed by atoms with Crippen LogP contribution in [0.4, 0.5) is 0 Å². The maximum atomic E-state index is 11.9. The van der Waals surface area contributed by atoms with Gasteiger partial charge in [-0.2, -0.15) is 0 Å². The molecule has 1 amide bonds. The standard InChI is InChI=1S/C13H14N2O2S/c1-8-5-10(3-4-11(8)16)13(17)14-6-12-15-9(2)7-18-12/h3-5,7,16H,6H2,1-2H3,(H,14,17). The molecule has 0 radical (unpaired) electrons. The van der Waals surface area contributed by atoms with Gasteiger partial charge in [0, 0.05) is 16.6 Å². The van der Waals surface area contributed by atoms with E-state index in [0.29, 0.717) is 17.7 Å². The number of phenols is 1. The van der Waals surface area contributed by atoms with Crippen LogP contribution in [-0.4, -0.2) is 16.0 Å². The summed E-state index contributed by atoms with van der Waals surface area (Å²) in [6, 6.07) is 4.79. The van der Waals surface area contributed by atoms with Crippen LogP contribution >= 0.6 is 11.3 Å². The molecule has 2 rings (SSSR count). The highest BCUT2D eigenvalue weighted by atomic mass is 32.1. The largest absolute Gasteiger partial charge is 0.508 e. The van der Waals surface area contributed by atoms with Crippen molar-refractivity contribution in [2.75, 3.05) is 0 Å². The van der Waals surface area contributed by atoms with E-state index in [1.807, 2.05) is 12.3 Å². The lowest BCUT2D eigenvalue weighted by atomic mass is 10.1. The van der Waals surface area contributed by atoms with E-state index >= 15 is 0 Å². The molecule has 0 saturated carbocycles. The van der Waals surface area contributed by atoms with Crippen LogP contribution in [0.3, 0.4) is 0 Å². The van der Waals surface area contributed by atoms with Gasteiger partial charge in [0.05, 0.1) is 6.54 Å². The Morgan fingerprint density at radius 1 is 1.44 bits per heavy atom. The van der Waals surface area contributed by atoms with Crippen LogP contribution in [0, 0.1) is 13.8 Å². The van der Waals surface area contributed by atoms with E-state index in [2.05, 4.69) is 10.3 Å². The average Bonchev–Trinajstić information content (AvgIpc) is 2.75. The third-order valence-corrected chi connectivity index (χ3v) is 3.49. The summed E-state index contributed by atoms with van der Waals surface area (Å²) in [5.74, 6) is 0.0352. The monoisotopic (exact) mass is 262 g/mol. The molecule has 94 valence electrons. The van der Waals surface area contributed by atoms with Gasteiger partial charge in [0.15, 0.2) is 0 Å². The van der Waals surface area contributed by atoms with Crippen molar-refractivity contribution in [3.63, 3.8) is 0 Å². The summed E-state index contributed by atoms with van der Waals surface area (Å²) in [5.41, 5.74) is 2.19. The second-order valence-corrected chi connectivity index (χ2v) is 5.01. The first-order valence-electron chi connectivity index (χ1n) is 5.55. The summed E-state index contributed by atoms with van der Waals surface area (Å²) in [7, 11) is 0. The minimum absolute atomic E-state index is 0.161. The van der Waals surface area contributed by atoms with E-state index in [9.17, 15) is 9.90 Å². The molecule has 1 heterocycles. The van der Waals surface area contributed by atoms with Gasteiger partial charge in [-0.1, -0.05) is 0 Å². The molecular weight excluding hydrogens is 248 g/mol. The Kier molecular flexibility index (Phi) is 3.62. The minimum atomic E-state index is -0.161. The van der Waals surface area contributed by atoms with Crippen LogP contribution in [0.2, 0.25) is 0 Å². The van der Waals surface area contributed by atoms with Gasteiger partial charge in [-0.3, -0.25) is 4.79 Å². The summed E-state index contributed by atoms with van der Waals surface area (Å²) in [6.45, 7) is 4.11. The summed E-state index contributed by atoms with van der Waals surface area (Å²) < 4.78 is 0. The summed E-state index contributed by atoms with van der Waals surface area (Å²) >= 11 is 1.53. The van der Waals surface area contributed by atoms with E-state index in [4.69, 9.17) is 0 Å². The van der Waals surface area contributed by atoms with E-state index in [-0.39, 0.29) is 11.7 Å². The first-order valence-corrected chi connectivity index (χ1v) is 6.43. The third kappa shape index (κ3) is 2.87. The molecule has 18 heavy (non-hydrogen) atoms. The highest BCUT2D eigenvalue weighted by molar-refractivity contribution is 7.09. The Bertz CT molecular complexity index is 578. The number of aromatic nitrogens is 1. The van der Waals surface area contributed by atoms with Crippen molar-refractivity contribution in [1.29, 1.82) is 0 Å². The fraction of sp³-hybridized carbons (Fsp3) is 0.231. The molecule has 2 N–H and O–H groups in total. The fourth-order valence-electron chi connectivity index (χ4n) is 1.54. The zero-order valence-corrected chi connectivity index (χ0v) is 11.0. The van der Waals surface area contributed by atoms with Crippen molar-refractivity contribution in [1.82, 2.24) is 10.3 Å². The average molecular weight is 262 g/mol. The van der Waals surface area contributed by atoms with Gasteiger partial charge in [0.25, 0.3) is 5.91 Å². The normalized spacial score (nSPS) is 10.3. The van der Waals surface area contributed by atoms with E-state index in [1.54, 1.807) is 19.1 Å². The molecule has 1 aromatic carbocycles. The molecule has 0 unspecified atom stereocenters. The van der Waals surface area contributed by atoms with Crippen LogP contribution in [0.5, 0.6) is 5.75 Å². The molecule has 5 heteroatoms. The minimum Gasteiger partial charge on any atom is -0.508 e. The lowest BCUT2D eigenvalue weighted by molar-refractivity contribution is 0.0951. The molecule has 1 aromatic heterocycles. The number of carbonyl (C=O) groups is 1. The number of nitrogens with one attached hydrogen (secondary N) is 1. The van der Waals surface area contributed by atoms with Crippen LogP contribution in [-0.2, 0) is 6.54 Å². The number of amides is 1. The third-order valence-electron chi connectivity index (χ3n) is 2.53. The predicted molar refractivity (Wildman–Crippen MR) is 70.9 cm³/mol. The molecule has 0 spiro atoms. The van der Waals surface area contributed by atoms with Crippen molar-refractivity contribution in [3.8, 4) is 5.75 Å². The van der Waals surface area contributed by atoms with Gasteiger partial charge >= 0.3 is 0 Å². The maximum Gasteiger partial charge on any atom is 0.251 e. The molecule has 2 aromatic rings.